The first kappa shape index (κ1) is 22.5. The second kappa shape index (κ2) is 9.76. The molecule has 0 saturated carbocycles. The molecule has 2 aromatic carbocycles. The molecule has 2 aromatic rings. The van der Waals surface area contributed by atoms with Gasteiger partial charge in [-0.3, -0.25) is 9.69 Å². The van der Waals surface area contributed by atoms with Gasteiger partial charge in [0.25, 0.3) is 5.91 Å². The third-order valence-corrected chi connectivity index (χ3v) is 5.88. The van der Waals surface area contributed by atoms with E-state index in [0.717, 1.165) is 16.7 Å². The Morgan fingerprint density at radius 1 is 1.10 bits per heavy atom. The minimum absolute atomic E-state index is 0.128. The van der Waals surface area contributed by atoms with Crippen molar-refractivity contribution < 1.29 is 29.3 Å². The standard InChI is InChI=1S/C22H19NO6S2/c1-2-15(20(25)26)29-16-11-7-6-10-14(16)12-17-19(24)23(22(30)31-17)18(21(27)28)13-8-4-3-5-9-13/h3-12,15,18H,2H2,1H3,(H,25,26)(H,27,28)/b17-12-. The fourth-order valence-electron chi connectivity index (χ4n) is 3.05. The lowest BCUT2D eigenvalue weighted by atomic mass is 10.1. The minimum Gasteiger partial charge on any atom is -0.479 e. The Bertz CT molecular complexity index is 1050. The van der Waals surface area contributed by atoms with E-state index in [4.69, 9.17) is 17.0 Å². The number of amides is 1. The average Bonchev–Trinajstić information content (AvgIpc) is 3.01. The molecule has 1 heterocycles. The van der Waals surface area contributed by atoms with Gasteiger partial charge in [0, 0.05) is 5.56 Å². The van der Waals surface area contributed by atoms with E-state index < -0.39 is 30.0 Å². The molecule has 3 rings (SSSR count). The molecule has 31 heavy (non-hydrogen) atoms. The van der Waals surface area contributed by atoms with Crippen molar-refractivity contribution in [2.24, 2.45) is 0 Å². The maximum atomic E-state index is 13.1. The molecular formula is C22H19NO6S2. The van der Waals surface area contributed by atoms with Crippen LogP contribution in [0, 0.1) is 0 Å². The number of ether oxygens (including phenoxy) is 1. The van der Waals surface area contributed by atoms with Crippen LogP contribution in [-0.2, 0) is 14.4 Å². The second-order valence-electron chi connectivity index (χ2n) is 6.59. The van der Waals surface area contributed by atoms with Gasteiger partial charge in [-0.05, 0) is 24.1 Å². The number of carboxylic acids is 2. The van der Waals surface area contributed by atoms with Crippen molar-refractivity contribution in [2.45, 2.75) is 25.5 Å². The van der Waals surface area contributed by atoms with E-state index in [0.29, 0.717) is 16.9 Å². The molecule has 2 N–H and O–H groups in total. The van der Waals surface area contributed by atoms with Crippen molar-refractivity contribution in [1.82, 2.24) is 4.90 Å². The number of para-hydroxylation sites is 1. The molecule has 9 heteroatoms. The molecule has 0 bridgehead atoms. The Hall–Kier alpha value is -3.17. The first-order valence-electron chi connectivity index (χ1n) is 9.36. The topological polar surface area (TPSA) is 104 Å². The van der Waals surface area contributed by atoms with Crippen molar-refractivity contribution in [3.05, 3.63) is 70.6 Å². The van der Waals surface area contributed by atoms with Crippen LogP contribution in [-0.4, -0.2) is 43.4 Å². The number of thiocarbonyl (C=S) groups is 1. The smallest absolute Gasteiger partial charge is 0.344 e. The van der Waals surface area contributed by atoms with Crippen LogP contribution < -0.4 is 4.74 Å². The number of hydrogen-bond donors (Lipinski definition) is 2. The second-order valence-corrected chi connectivity index (χ2v) is 8.27. The van der Waals surface area contributed by atoms with Crippen LogP contribution in [0.3, 0.4) is 0 Å². The quantitative estimate of drug-likeness (QED) is 0.454. The van der Waals surface area contributed by atoms with Crippen LogP contribution in [0.25, 0.3) is 6.08 Å². The zero-order valence-corrected chi connectivity index (χ0v) is 18.1. The van der Waals surface area contributed by atoms with Gasteiger partial charge in [-0.2, -0.15) is 0 Å². The number of nitrogens with zero attached hydrogens (tertiary/aromatic N) is 1. The van der Waals surface area contributed by atoms with Crippen molar-refractivity contribution in [3.63, 3.8) is 0 Å². The molecule has 0 aromatic heterocycles. The molecular weight excluding hydrogens is 438 g/mol. The summed E-state index contributed by atoms with van der Waals surface area (Å²) in [5.74, 6) is -2.51. The fourth-order valence-corrected chi connectivity index (χ4v) is 4.35. The van der Waals surface area contributed by atoms with Gasteiger partial charge in [-0.25, -0.2) is 9.59 Å². The van der Waals surface area contributed by atoms with Gasteiger partial charge in [0.1, 0.15) is 10.1 Å². The number of rotatable bonds is 8. The van der Waals surface area contributed by atoms with Gasteiger partial charge in [0.05, 0.1) is 4.91 Å². The van der Waals surface area contributed by atoms with Gasteiger partial charge in [-0.1, -0.05) is 79.4 Å². The number of carbonyl (C=O) groups is 3. The highest BCUT2D eigenvalue weighted by atomic mass is 32.2. The lowest BCUT2D eigenvalue weighted by Gasteiger charge is -2.23. The van der Waals surface area contributed by atoms with Crippen molar-refractivity contribution in [3.8, 4) is 5.75 Å². The zero-order valence-electron chi connectivity index (χ0n) is 16.4. The summed E-state index contributed by atoms with van der Waals surface area (Å²) in [5, 5.41) is 19.0. The SMILES string of the molecule is CCC(Oc1ccccc1/C=C1\SC(=S)N(C(C(=O)O)c2ccccc2)C1=O)C(=O)O. The van der Waals surface area contributed by atoms with E-state index in [1.807, 2.05) is 0 Å². The minimum atomic E-state index is -1.25. The normalized spacial score (nSPS) is 16.9. The van der Waals surface area contributed by atoms with E-state index in [1.165, 1.54) is 6.08 Å². The highest BCUT2D eigenvalue weighted by molar-refractivity contribution is 8.26. The molecule has 0 spiro atoms. The van der Waals surface area contributed by atoms with Gasteiger partial charge in [0.15, 0.2) is 12.1 Å². The Balaban J connectivity index is 1.94. The van der Waals surface area contributed by atoms with Gasteiger partial charge in [0.2, 0.25) is 0 Å². The lowest BCUT2D eigenvalue weighted by Crippen LogP contribution is -2.37. The Kier molecular flexibility index (Phi) is 7.09. The van der Waals surface area contributed by atoms with E-state index in [1.54, 1.807) is 61.5 Å². The summed E-state index contributed by atoms with van der Waals surface area (Å²) in [5.41, 5.74) is 0.929. The third-order valence-electron chi connectivity index (χ3n) is 4.55. The molecule has 1 aliphatic rings. The van der Waals surface area contributed by atoms with E-state index in [-0.39, 0.29) is 15.6 Å². The van der Waals surface area contributed by atoms with Crippen molar-refractivity contribution in [2.75, 3.05) is 0 Å². The Labute approximate surface area is 188 Å². The summed E-state index contributed by atoms with van der Waals surface area (Å²) in [6.45, 7) is 1.70. The van der Waals surface area contributed by atoms with Crippen molar-refractivity contribution in [1.29, 1.82) is 0 Å². The van der Waals surface area contributed by atoms with Crippen LogP contribution in [0.1, 0.15) is 30.5 Å². The molecule has 0 aliphatic carbocycles. The molecule has 0 radical (unpaired) electrons. The largest absolute Gasteiger partial charge is 0.479 e. The summed E-state index contributed by atoms with van der Waals surface area (Å²) in [7, 11) is 0. The first-order valence-corrected chi connectivity index (χ1v) is 10.6. The highest BCUT2D eigenvalue weighted by Gasteiger charge is 2.41. The molecule has 1 saturated heterocycles. The first-order chi connectivity index (χ1) is 14.8. The lowest BCUT2D eigenvalue weighted by molar-refractivity contribution is -0.145. The van der Waals surface area contributed by atoms with Crippen LogP contribution in [0.15, 0.2) is 59.5 Å². The Morgan fingerprint density at radius 2 is 1.74 bits per heavy atom. The Morgan fingerprint density at radius 3 is 2.35 bits per heavy atom. The molecule has 1 fully saturated rings. The molecule has 1 amide bonds. The van der Waals surface area contributed by atoms with E-state index in [9.17, 15) is 24.6 Å². The number of hydrogen-bond acceptors (Lipinski definition) is 6. The predicted molar refractivity (Wildman–Crippen MR) is 121 cm³/mol. The molecule has 7 nitrogen and oxygen atoms in total. The number of thioether (sulfide) groups is 1. The fraction of sp³-hybridized carbons (Fsp3) is 0.182. The van der Waals surface area contributed by atoms with Gasteiger partial charge < -0.3 is 14.9 Å². The third kappa shape index (κ3) is 4.95. The summed E-state index contributed by atoms with van der Waals surface area (Å²) >= 11 is 6.31. The number of benzene rings is 2. The molecule has 1 aliphatic heterocycles. The summed E-state index contributed by atoms with van der Waals surface area (Å²) in [4.78, 5) is 37.7. The van der Waals surface area contributed by atoms with E-state index >= 15 is 0 Å². The van der Waals surface area contributed by atoms with E-state index in [2.05, 4.69) is 0 Å². The number of aliphatic carboxylic acids is 2. The predicted octanol–water partition coefficient (Wildman–Crippen LogP) is 3.96. The summed E-state index contributed by atoms with van der Waals surface area (Å²) < 4.78 is 5.73. The number of carbonyl (C=O) groups excluding carboxylic acids is 1. The average molecular weight is 458 g/mol. The summed E-state index contributed by atoms with van der Waals surface area (Å²) in [6, 6.07) is 13.9. The maximum absolute atomic E-state index is 13.1. The maximum Gasteiger partial charge on any atom is 0.344 e. The summed E-state index contributed by atoms with van der Waals surface area (Å²) in [6.07, 6.45) is 0.773. The van der Waals surface area contributed by atoms with Crippen molar-refractivity contribution >= 4 is 52.2 Å². The monoisotopic (exact) mass is 457 g/mol. The highest BCUT2D eigenvalue weighted by Crippen LogP contribution is 2.39. The zero-order chi connectivity index (χ0) is 22.5. The van der Waals surface area contributed by atoms with Crippen LogP contribution in [0.2, 0.25) is 0 Å². The number of carboxylic acid groups (broad SMARTS) is 2. The van der Waals surface area contributed by atoms with Crippen LogP contribution in [0.5, 0.6) is 5.75 Å². The molecule has 2 atom stereocenters. The van der Waals surface area contributed by atoms with Crippen LogP contribution >= 0.6 is 24.0 Å². The van der Waals surface area contributed by atoms with Crippen LogP contribution in [0.4, 0.5) is 0 Å². The molecule has 160 valence electrons. The van der Waals surface area contributed by atoms with Gasteiger partial charge >= 0.3 is 11.9 Å². The van der Waals surface area contributed by atoms with Gasteiger partial charge in [-0.15, -0.1) is 0 Å². The molecule has 2 unspecified atom stereocenters.